The predicted molar refractivity (Wildman–Crippen MR) is 104 cm³/mol. The number of hydrogen-bond acceptors (Lipinski definition) is 2. The minimum Gasteiger partial charge on any atom is -0.385 e. The Bertz CT molecular complexity index is 567. The molecule has 0 aliphatic carbocycles. The highest BCUT2D eigenvalue weighted by molar-refractivity contribution is 7.78. The maximum atomic E-state index is 13.8. The summed E-state index contributed by atoms with van der Waals surface area (Å²) in [5.41, 5.74) is 0. The van der Waals surface area contributed by atoms with Crippen LogP contribution in [0.1, 0.15) is 38.5 Å². The van der Waals surface area contributed by atoms with Gasteiger partial charge in [-0.15, -0.1) is 0 Å². The van der Waals surface area contributed by atoms with Crippen molar-refractivity contribution in [3.63, 3.8) is 0 Å². The summed E-state index contributed by atoms with van der Waals surface area (Å²) in [6.07, 6.45) is 7.75. The highest BCUT2D eigenvalue weighted by Crippen LogP contribution is 2.44. The maximum Gasteiger partial charge on any atom is 0.143 e. The van der Waals surface area contributed by atoms with Gasteiger partial charge in [-0.2, -0.15) is 0 Å². The first-order valence-electron chi connectivity index (χ1n) is 8.96. The lowest BCUT2D eigenvalue weighted by atomic mass is 10.1. The highest BCUT2D eigenvalue weighted by atomic mass is 31.2. The first-order valence-corrected chi connectivity index (χ1v) is 10.9. The predicted octanol–water partition coefficient (Wildman–Crippen LogP) is 4.99. The topological polar surface area (TPSA) is 26.3 Å². The average molecular weight is 344 g/mol. The molecular weight excluding hydrogens is 315 g/mol. The van der Waals surface area contributed by atoms with E-state index >= 15 is 0 Å². The monoisotopic (exact) mass is 344 g/mol. The van der Waals surface area contributed by atoms with Crippen LogP contribution in [0.4, 0.5) is 0 Å². The Morgan fingerprint density at radius 1 is 0.708 bits per heavy atom. The standard InChI is InChI=1S/C21H29O2P/c1-23-18-12-4-2-3-5-13-19-24(22,20-14-8-6-9-15-20)21-16-10-7-11-17-21/h6-11,14-17H,2-5,12-13,18-19H2,1H3. The van der Waals surface area contributed by atoms with Crippen molar-refractivity contribution in [2.45, 2.75) is 38.5 Å². The van der Waals surface area contributed by atoms with Crippen molar-refractivity contribution >= 4 is 17.8 Å². The van der Waals surface area contributed by atoms with Crippen molar-refractivity contribution in [2.24, 2.45) is 0 Å². The second-order valence-electron chi connectivity index (χ2n) is 6.25. The highest BCUT2D eigenvalue weighted by Gasteiger charge is 2.26. The molecular formula is C21H29O2P. The van der Waals surface area contributed by atoms with Crippen LogP contribution in [0.25, 0.3) is 0 Å². The molecule has 0 unspecified atom stereocenters. The van der Waals surface area contributed by atoms with E-state index < -0.39 is 7.14 Å². The lowest BCUT2D eigenvalue weighted by Crippen LogP contribution is -2.18. The normalized spacial score (nSPS) is 11.5. The molecule has 0 aromatic heterocycles. The second-order valence-corrected chi connectivity index (χ2v) is 9.21. The van der Waals surface area contributed by atoms with Gasteiger partial charge in [0.2, 0.25) is 0 Å². The van der Waals surface area contributed by atoms with Crippen molar-refractivity contribution < 1.29 is 9.30 Å². The van der Waals surface area contributed by atoms with Crippen molar-refractivity contribution in [2.75, 3.05) is 19.9 Å². The van der Waals surface area contributed by atoms with E-state index in [1.807, 2.05) is 60.7 Å². The van der Waals surface area contributed by atoms with Crippen LogP contribution >= 0.6 is 7.14 Å². The summed E-state index contributed by atoms with van der Waals surface area (Å²) in [5.74, 6) is 0. The Kier molecular flexibility index (Phi) is 8.28. The van der Waals surface area contributed by atoms with Crippen LogP contribution in [0.5, 0.6) is 0 Å². The fraction of sp³-hybridized carbons (Fsp3) is 0.429. The van der Waals surface area contributed by atoms with E-state index in [9.17, 15) is 4.57 Å². The SMILES string of the molecule is COCCCCCCCCP(=O)(c1ccccc1)c1ccccc1. The van der Waals surface area contributed by atoms with Gasteiger partial charge in [0.25, 0.3) is 0 Å². The van der Waals surface area contributed by atoms with Crippen molar-refractivity contribution in [3.05, 3.63) is 60.7 Å². The third-order valence-electron chi connectivity index (χ3n) is 4.42. The average Bonchev–Trinajstić information content (AvgIpc) is 2.65. The molecule has 0 radical (unpaired) electrons. The van der Waals surface area contributed by atoms with Crippen molar-refractivity contribution in [1.29, 1.82) is 0 Å². The lowest BCUT2D eigenvalue weighted by molar-refractivity contribution is 0.192. The molecule has 24 heavy (non-hydrogen) atoms. The van der Waals surface area contributed by atoms with Crippen LogP contribution in [0.15, 0.2) is 60.7 Å². The maximum absolute atomic E-state index is 13.8. The molecule has 0 saturated heterocycles. The number of rotatable bonds is 11. The van der Waals surface area contributed by atoms with E-state index in [2.05, 4.69) is 0 Å². The third-order valence-corrected chi connectivity index (χ3v) is 7.63. The summed E-state index contributed by atoms with van der Waals surface area (Å²) in [6.45, 7) is 0.858. The van der Waals surface area contributed by atoms with Crippen molar-refractivity contribution in [1.82, 2.24) is 0 Å². The molecule has 130 valence electrons. The number of hydrogen-bond donors (Lipinski definition) is 0. The van der Waals surface area contributed by atoms with E-state index in [1.54, 1.807) is 7.11 Å². The van der Waals surface area contributed by atoms with Crippen LogP contribution in [0.2, 0.25) is 0 Å². The smallest absolute Gasteiger partial charge is 0.143 e. The van der Waals surface area contributed by atoms with Gasteiger partial charge in [0, 0.05) is 30.5 Å². The van der Waals surface area contributed by atoms with Gasteiger partial charge < -0.3 is 9.30 Å². The Balaban J connectivity index is 1.93. The molecule has 0 atom stereocenters. The van der Waals surface area contributed by atoms with Gasteiger partial charge in [0.05, 0.1) is 0 Å². The fourth-order valence-corrected chi connectivity index (χ4v) is 5.82. The second kappa shape index (κ2) is 10.5. The van der Waals surface area contributed by atoms with Gasteiger partial charge in [-0.05, 0) is 12.8 Å². The number of ether oxygens (including phenoxy) is 1. The summed E-state index contributed by atoms with van der Waals surface area (Å²) in [5, 5.41) is 1.97. The van der Waals surface area contributed by atoms with E-state index in [1.165, 1.54) is 19.3 Å². The molecule has 0 N–H and O–H groups in total. The molecule has 2 aromatic rings. The summed E-state index contributed by atoms with van der Waals surface area (Å²) in [6, 6.07) is 20.0. The quantitative estimate of drug-likeness (QED) is 0.424. The lowest BCUT2D eigenvalue weighted by Gasteiger charge is -2.19. The van der Waals surface area contributed by atoms with Gasteiger partial charge in [0.15, 0.2) is 0 Å². The molecule has 0 spiro atoms. The van der Waals surface area contributed by atoms with Gasteiger partial charge in [-0.1, -0.05) is 86.3 Å². The molecule has 2 rings (SSSR count). The zero-order chi connectivity index (χ0) is 17.1. The minimum atomic E-state index is -2.51. The zero-order valence-electron chi connectivity index (χ0n) is 14.7. The van der Waals surface area contributed by atoms with Crippen LogP contribution in [0.3, 0.4) is 0 Å². The number of methoxy groups -OCH3 is 1. The molecule has 3 heteroatoms. The van der Waals surface area contributed by atoms with Crippen molar-refractivity contribution in [3.8, 4) is 0 Å². The molecule has 0 amide bonds. The molecule has 0 saturated carbocycles. The first kappa shape index (κ1) is 19.0. The molecule has 0 aliphatic rings. The third kappa shape index (κ3) is 5.61. The zero-order valence-corrected chi connectivity index (χ0v) is 15.6. The molecule has 0 aliphatic heterocycles. The molecule has 0 bridgehead atoms. The van der Waals surface area contributed by atoms with Gasteiger partial charge in [-0.25, -0.2) is 0 Å². The summed E-state index contributed by atoms with van der Waals surface area (Å²) >= 11 is 0. The molecule has 0 heterocycles. The van der Waals surface area contributed by atoms with Gasteiger partial charge >= 0.3 is 0 Å². The fourth-order valence-electron chi connectivity index (χ4n) is 3.03. The van der Waals surface area contributed by atoms with Crippen LogP contribution in [0, 0.1) is 0 Å². The van der Waals surface area contributed by atoms with Gasteiger partial charge in [-0.3, -0.25) is 0 Å². The summed E-state index contributed by atoms with van der Waals surface area (Å²) in [4.78, 5) is 0. The summed E-state index contributed by atoms with van der Waals surface area (Å²) < 4.78 is 18.8. The first-order chi connectivity index (χ1) is 11.8. The summed E-state index contributed by atoms with van der Waals surface area (Å²) in [7, 11) is -0.756. The molecule has 2 aromatic carbocycles. The van der Waals surface area contributed by atoms with Crippen LogP contribution in [-0.2, 0) is 9.30 Å². The van der Waals surface area contributed by atoms with Gasteiger partial charge in [0.1, 0.15) is 7.14 Å². The van der Waals surface area contributed by atoms with E-state index in [4.69, 9.17) is 4.74 Å². The number of unbranched alkanes of at least 4 members (excludes halogenated alkanes) is 5. The Hall–Kier alpha value is -1.37. The Labute approximate surface area is 146 Å². The molecule has 0 fully saturated rings. The minimum absolute atomic E-state index is 0.763. The molecule has 2 nitrogen and oxygen atoms in total. The number of benzene rings is 2. The van der Waals surface area contributed by atoms with E-state index in [0.29, 0.717) is 0 Å². The van der Waals surface area contributed by atoms with Crippen LogP contribution in [-0.4, -0.2) is 19.9 Å². The van der Waals surface area contributed by atoms with Crippen LogP contribution < -0.4 is 10.6 Å². The van der Waals surface area contributed by atoms with E-state index in [0.717, 1.165) is 42.6 Å². The Morgan fingerprint density at radius 2 is 1.17 bits per heavy atom. The largest absolute Gasteiger partial charge is 0.385 e. The van der Waals surface area contributed by atoms with E-state index in [-0.39, 0.29) is 0 Å². The Morgan fingerprint density at radius 3 is 1.67 bits per heavy atom.